The van der Waals surface area contributed by atoms with Gasteiger partial charge in [0.25, 0.3) is 0 Å². The number of quaternary nitrogens is 1. The molecule has 0 aliphatic rings. The van der Waals surface area contributed by atoms with Crippen LogP contribution < -0.4 is 6.15 Å². The number of hydrogen-bond acceptors (Lipinski definition) is 1. The molecule has 0 aromatic rings. The molecule has 130 valence electrons. The van der Waals surface area contributed by atoms with Crippen LogP contribution in [0.1, 0.15) is 85.5 Å². The molecule has 0 spiro atoms. The van der Waals surface area contributed by atoms with E-state index in [-0.39, 0.29) is 6.15 Å². The summed E-state index contributed by atoms with van der Waals surface area (Å²) >= 11 is 12.8. The Morgan fingerprint density at radius 3 is 1.81 bits per heavy atom. The van der Waals surface area contributed by atoms with Gasteiger partial charge in [-0.2, -0.15) is 0 Å². The fourth-order valence-corrected chi connectivity index (χ4v) is 3.12. The van der Waals surface area contributed by atoms with Gasteiger partial charge in [-0.1, -0.05) is 65.2 Å². The lowest BCUT2D eigenvalue weighted by Crippen LogP contribution is -2.42. The predicted octanol–water partition coefficient (Wildman–Crippen LogP) is 6.52. The lowest BCUT2D eigenvalue weighted by atomic mass is 9.85. The molecule has 0 saturated carbocycles. The molecule has 2 nitrogen and oxygen atoms in total. The highest BCUT2D eigenvalue weighted by Crippen LogP contribution is 2.36. The van der Waals surface area contributed by atoms with Crippen LogP contribution in [0.4, 0.5) is 0 Å². The van der Waals surface area contributed by atoms with Gasteiger partial charge in [0.05, 0.1) is 16.4 Å². The number of unbranched alkanes of at least 4 members (excludes halogenated alkanes) is 7. The second-order valence-corrected chi connectivity index (χ2v) is 7.74. The second-order valence-electron chi connectivity index (χ2n) is 6.46. The second kappa shape index (κ2) is 13.0. The number of alkyl halides is 2. The van der Waals surface area contributed by atoms with E-state index < -0.39 is 16.4 Å². The van der Waals surface area contributed by atoms with Crippen LogP contribution in [-0.4, -0.2) is 21.5 Å². The first-order chi connectivity index (χ1) is 9.34. The highest BCUT2D eigenvalue weighted by Gasteiger charge is 2.38. The van der Waals surface area contributed by atoms with Gasteiger partial charge in [0.1, 0.15) is 0 Å². The molecule has 0 amide bonds. The maximum atomic E-state index is 9.60. The average molecular weight is 343 g/mol. The van der Waals surface area contributed by atoms with Crippen molar-refractivity contribution in [2.75, 3.05) is 0 Å². The summed E-state index contributed by atoms with van der Waals surface area (Å²) in [4.78, 5) is -0.531. The first kappa shape index (κ1) is 23.8. The normalized spacial score (nSPS) is 18.4. The maximum Gasteiger partial charge on any atom is 0.0783 e. The molecule has 0 heterocycles. The van der Waals surface area contributed by atoms with Gasteiger partial charge in [-0.15, -0.1) is 23.2 Å². The molecule has 4 heteroatoms. The Kier molecular flexibility index (Phi) is 14.7. The maximum absolute atomic E-state index is 9.60. The monoisotopic (exact) mass is 342 g/mol. The van der Waals surface area contributed by atoms with Gasteiger partial charge in [0.2, 0.25) is 0 Å². The SMILES string of the molecule is CCCCCCCCCCC(C)C(C)(Cl)C(Cl)C(C)O.[NH4+]. The molecular formula is C17H38Cl2NO+. The highest BCUT2D eigenvalue weighted by molar-refractivity contribution is 6.32. The van der Waals surface area contributed by atoms with Crippen molar-refractivity contribution in [3.8, 4) is 0 Å². The van der Waals surface area contributed by atoms with Crippen LogP contribution in [0.5, 0.6) is 0 Å². The molecule has 4 unspecified atom stereocenters. The average Bonchev–Trinajstić information content (AvgIpc) is 2.40. The summed E-state index contributed by atoms with van der Waals surface area (Å²) in [6.45, 7) is 8.06. The Labute approximate surface area is 142 Å². The third-order valence-corrected chi connectivity index (χ3v) is 5.95. The fraction of sp³-hybridized carbons (Fsp3) is 1.00. The Hall–Kier alpha value is 0.500. The zero-order valence-corrected chi connectivity index (χ0v) is 16.3. The van der Waals surface area contributed by atoms with Crippen LogP contribution in [0, 0.1) is 5.92 Å². The van der Waals surface area contributed by atoms with E-state index in [2.05, 4.69) is 13.8 Å². The van der Waals surface area contributed by atoms with Gasteiger partial charge in [0.15, 0.2) is 0 Å². The van der Waals surface area contributed by atoms with Crippen molar-refractivity contribution in [1.29, 1.82) is 0 Å². The molecule has 5 N–H and O–H groups in total. The van der Waals surface area contributed by atoms with Crippen molar-refractivity contribution in [3.63, 3.8) is 0 Å². The molecule has 0 saturated heterocycles. The molecule has 21 heavy (non-hydrogen) atoms. The molecular weight excluding hydrogens is 305 g/mol. The van der Waals surface area contributed by atoms with E-state index in [1.165, 1.54) is 51.4 Å². The van der Waals surface area contributed by atoms with Gasteiger partial charge in [-0.05, 0) is 26.2 Å². The van der Waals surface area contributed by atoms with Crippen LogP contribution in [-0.2, 0) is 0 Å². The van der Waals surface area contributed by atoms with E-state index in [1.807, 2.05) is 6.92 Å². The zero-order chi connectivity index (χ0) is 15.6. The Bertz CT molecular complexity index is 235. The smallest absolute Gasteiger partial charge is 0.0783 e. The minimum absolute atomic E-state index is 0. The number of rotatable bonds is 12. The van der Waals surface area contributed by atoms with Crippen LogP contribution in [0.15, 0.2) is 0 Å². The minimum Gasteiger partial charge on any atom is -0.392 e. The molecule has 0 aromatic carbocycles. The molecule has 4 atom stereocenters. The molecule has 0 rings (SSSR count). The summed E-state index contributed by atoms with van der Waals surface area (Å²) in [7, 11) is 0. The molecule has 0 bridgehead atoms. The van der Waals surface area contributed by atoms with E-state index in [1.54, 1.807) is 6.92 Å². The van der Waals surface area contributed by atoms with Crippen LogP contribution in [0.25, 0.3) is 0 Å². The van der Waals surface area contributed by atoms with E-state index in [0.717, 1.165) is 6.42 Å². The summed E-state index contributed by atoms with van der Waals surface area (Å²) in [6.07, 6.45) is 11.1. The molecule has 0 aromatic heterocycles. The lowest BCUT2D eigenvalue weighted by Gasteiger charge is -2.35. The quantitative estimate of drug-likeness (QED) is 0.308. The van der Waals surface area contributed by atoms with E-state index >= 15 is 0 Å². The summed E-state index contributed by atoms with van der Waals surface area (Å²) in [5, 5.41) is 9.21. The van der Waals surface area contributed by atoms with Gasteiger partial charge in [-0.25, -0.2) is 0 Å². The van der Waals surface area contributed by atoms with Gasteiger partial charge < -0.3 is 11.3 Å². The molecule has 0 aliphatic carbocycles. The summed E-state index contributed by atoms with van der Waals surface area (Å²) in [6, 6.07) is 0. The standard InChI is InChI=1S/C17H34Cl2O.H3N/c1-5-6-7-8-9-10-11-12-13-14(2)17(4,19)16(18)15(3)20;/h14-16,20H,5-13H2,1-4H3;1H3/p+1. The number of aliphatic hydroxyl groups excluding tert-OH is 1. The van der Waals surface area contributed by atoms with Crippen molar-refractivity contribution in [2.24, 2.45) is 5.92 Å². The molecule has 0 fully saturated rings. The van der Waals surface area contributed by atoms with Crippen molar-refractivity contribution >= 4 is 23.2 Å². The van der Waals surface area contributed by atoms with Crippen LogP contribution >= 0.6 is 23.2 Å². The summed E-state index contributed by atoms with van der Waals surface area (Å²) in [5.74, 6) is 0.321. The third kappa shape index (κ3) is 9.99. The minimum atomic E-state index is -0.569. The van der Waals surface area contributed by atoms with E-state index in [9.17, 15) is 5.11 Å². The molecule has 0 aliphatic heterocycles. The largest absolute Gasteiger partial charge is 0.392 e. The Balaban J connectivity index is 0. The first-order valence-corrected chi connectivity index (χ1v) is 9.16. The zero-order valence-electron chi connectivity index (χ0n) is 14.8. The first-order valence-electron chi connectivity index (χ1n) is 8.35. The molecule has 0 radical (unpaired) electrons. The Morgan fingerprint density at radius 1 is 0.952 bits per heavy atom. The predicted molar refractivity (Wildman–Crippen MR) is 98.0 cm³/mol. The van der Waals surface area contributed by atoms with Gasteiger partial charge in [-0.3, -0.25) is 0 Å². The van der Waals surface area contributed by atoms with E-state index in [0.29, 0.717) is 5.92 Å². The van der Waals surface area contributed by atoms with Crippen molar-refractivity contribution in [2.45, 2.75) is 102 Å². The fourth-order valence-electron chi connectivity index (χ4n) is 2.61. The Morgan fingerprint density at radius 2 is 1.38 bits per heavy atom. The summed E-state index contributed by atoms with van der Waals surface area (Å²) < 4.78 is 0. The van der Waals surface area contributed by atoms with Crippen molar-refractivity contribution < 1.29 is 5.11 Å². The van der Waals surface area contributed by atoms with Crippen LogP contribution in [0.3, 0.4) is 0 Å². The van der Waals surface area contributed by atoms with Crippen molar-refractivity contribution in [3.05, 3.63) is 0 Å². The topological polar surface area (TPSA) is 56.7 Å². The number of hydrogen-bond donors (Lipinski definition) is 2. The lowest BCUT2D eigenvalue weighted by molar-refractivity contribution is 0.160. The van der Waals surface area contributed by atoms with Crippen molar-refractivity contribution in [1.82, 2.24) is 6.15 Å². The number of halogens is 2. The van der Waals surface area contributed by atoms with Gasteiger partial charge >= 0.3 is 0 Å². The summed E-state index contributed by atoms with van der Waals surface area (Å²) in [5.41, 5.74) is 0. The van der Waals surface area contributed by atoms with Gasteiger partial charge in [0, 0.05) is 0 Å². The number of aliphatic hydroxyl groups is 1. The third-order valence-electron chi connectivity index (χ3n) is 4.42. The highest BCUT2D eigenvalue weighted by atomic mass is 35.5. The van der Waals surface area contributed by atoms with Crippen LogP contribution in [0.2, 0.25) is 0 Å². The van der Waals surface area contributed by atoms with E-state index in [4.69, 9.17) is 23.2 Å².